The van der Waals surface area contributed by atoms with E-state index in [0.717, 1.165) is 5.69 Å². The second kappa shape index (κ2) is 5.95. The molecule has 21 heavy (non-hydrogen) atoms. The van der Waals surface area contributed by atoms with E-state index in [0.29, 0.717) is 11.7 Å². The lowest BCUT2D eigenvalue weighted by molar-refractivity contribution is 0.101. The molecule has 0 saturated heterocycles. The Bertz CT molecular complexity index is 712. The smallest absolute Gasteiger partial charge is 0.212 e. The highest BCUT2D eigenvalue weighted by molar-refractivity contribution is 5.98. The molecule has 4 nitrogen and oxygen atoms in total. The first-order valence-electron chi connectivity index (χ1n) is 6.91. The Morgan fingerprint density at radius 1 is 1.19 bits per heavy atom. The Morgan fingerprint density at radius 2 is 1.81 bits per heavy atom. The van der Waals surface area contributed by atoms with E-state index in [9.17, 15) is 9.59 Å². The van der Waals surface area contributed by atoms with Crippen LogP contribution >= 0.6 is 0 Å². The molecule has 2 rings (SSSR count). The Hall–Kier alpha value is -2.36. The van der Waals surface area contributed by atoms with Crippen molar-refractivity contribution < 1.29 is 9.21 Å². The number of nitrogens with one attached hydrogen (secondary N) is 1. The summed E-state index contributed by atoms with van der Waals surface area (Å²) in [4.78, 5) is 23.5. The van der Waals surface area contributed by atoms with E-state index >= 15 is 0 Å². The Morgan fingerprint density at radius 3 is 2.33 bits per heavy atom. The molecular formula is C17H19NO3. The molecule has 0 atom stereocenters. The van der Waals surface area contributed by atoms with Crippen molar-refractivity contribution >= 4 is 17.4 Å². The van der Waals surface area contributed by atoms with Gasteiger partial charge in [0.2, 0.25) is 5.88 Å². The molecule has 2 aromatic rings. The second-order valence-electron chi connectivity index (χ2n) is 5.38. The predicted molar refractivity (Wildman–Crippen MR) is 83.5 cm³/mol. The fourth-order valence-electron chi connectivity index (χ4n) is 2.11. The van der Waals surface area contributed by atoms with Crippen LogP contribution in [0.5, 0.6) is 0 Å². The number of hydrogen-bond acceptors (Lipinski definition) is 4. The van der Waals surface area contributed by atoms with Gasteiger partial charge < -0.3 is 9.73 Å². The van der Waals surface area contributed by atoms with Gasteiger partial charge in [-0.05, 0) is 37.5 Å². The Balaban J connectivity index is 2.39. The average molecular weight is 285 g/mol. The van der Waals surface area contributed by atoms with Gasteiger partial charge in [-0.2, -0.15) is 0 Å². The predicted octanol–water partition coefficient (Wildman–Crippen LogP) is 4.02. The number of carbonyl (C=O) groups is 1. The monoisotopic (exact) mass is 285 g/mol. The highest BCUT2D eigenvalue weighted by atomic mass is 16.4. The van der Waals surface area contributed by atoms with Gasteiger partial charge in [0, 0.05) is 11.8 Å². The standard InChI is InChI=1S/C17H19NO3/c1-10(2)13-5-7-14(8-6-13)18-17-16(12(4)19)15(20)9-11(3)21-17/h5-10,18H,1-4H3. The lowest BCUT2D eigenvalue weighted by Gasteiger charge is -2.11. The first-order chi connectivity index (χ1) is 9.88. The topological polar surface area (TPSA) is 59.3 Å². The summed E-state index contributed by atoms with van der Waals surface area (Å²) >= 11 is 0. The van der Waals surface area contributed by atoms with E-state index in [1.165, 1.54) is 18.6 Å². The Labute approximate surface area is 123 Å². The molecule has 110 valence electrons. The van der Waals surface area contributed by atoms with Crippen LogP contribution in [0, 0.1) is 6.92 Å². The summed E-state index contributed by atoms with van der Waals surface area (Å²) in [6, 6.07) is 9.15. The van der Waals surface area contributed by atoms with Gasteiger partial charge in [0.25, 0.3) is 0 Å². The van der Waals surface area contributed by atoms with Crippen LogP contribution in [-0.2, 0) is 0 Å². The third-order valence-electron chi connectivity index (χ3n) is 3.26. The molecule has 0 saturated carbocycles. The number of benzene rings is 1. The van der Waals surface area contributed by atoms with E-state index in [2.05, 4.69) is 19.2 Å². The van der Waals surface area contributed by atoms with Crippen molar-refractivity contribution in [1.29, 1.82) is 0 Å². The third kappa shape index (κ3) is 3.40. The minimum absolute atomic E-state index is 0.0496. The summed E-state index contributed by atoms with van der Waals surface area (Å²) in [6.45, 7) is 7.28. The average Bonchev–Trinajstić information content (AvgIpc) is 2.37. The third-order valence-corrected chi connectivity index (χ3v) is 3.26. The van der Waals surface area contributed by atoms with Crippen LogP contribution in [0.15, 0.2) is 39.5 Å². The van der Waals surface area contributed by atoms with E-state index in [4.69, 9.17) is 4.42 Å². The van der Waals surface area contributed by atoms with Crippen LogP contribution in [0.25, 0.3) is 0 Å². The normalized spacial score (nSPS) is 10.7. The maximum atomic E-state index is 11.9. The van der Waals surface area contributed by atoms with E-state index in [-0.39, 0.29) is 22.7 Å². The van der Waals surface area contributed by atoms with Gasteiger partial charge in [-0.15, -0.1) is 0 Å². The molecule has 0 unspecified atom stereocenters. The molecule has 1 aromatic carbocycles. The van der Waals surface area contributed by atoms with Crippen molar-refractivity contribution in [3.8, 4) is 0 Å². The van der Waals surface area contributed by atoms with Crippen LogP contribution in [0.2, 0.25) is 0 Å². The van der Waals surface area contributed by atoms with E-state index < -0.39 is 0 Å². The van der Waals surface area contributed by atoms with Crippen LogP contribution < -0.4 is 10.7 Å². The summed E-state index contributed by atoms with van der Waals surface area (Å²) < 4.78 is 5.50. The van der Waals surface area contributed by atoms with E-state index in [1.807, 2.05) is 24.3 Å². The van der Waals surface area contributed by atoms with Crippen molar-refractivity contribution in [2.24, 2.45) is 0 Å². The van der Waals surface area contributed by atoms with Gasteiger partial charge in [0.15, 0.2) is 11.2 Å². The second-order valence-corrected chi connectivity index (χ2v) is 5.38. The number of anilines is 2. The van der Waals surface area contributed by atoms with Crippen molar-refractivity contribution in [2.75, 3.05) is 5.32 Å². The van der Waals surface area contributed by atoms with Gasteiger partial charge in [0.05, 0.1) is 0 Å². The van der Waals surface area contributed by atoms with Gasteiger partial charge in [-0.25, -0.2) is 0 Å². The summed E-state index contributed by atoms with van der Waals surface area (Å²) in [5.74, 6) is 0.796. The van der Waals surface area contributed by atoms with Crippen molar-refractivity contribution in [1.82, 2.24) is 0 Å². The minimum atomic E-state index is -0.326. The highest BCUT2D eigenvalue weighted by Gasteiger charge is 2.15. The molecule has 0 aliphatic heterocycles. The highest BCUT2D eigenvalue weighted by Crippen LogP contribution is 2.22. The van der Waals surface area contributed by atoms with Gasteiger partial charge in [0.1, 0.15) is 11.3 Å². The fraction of sp³-hybridized carbons (Fsp3) is 0.294. The summed E-state index contributed by atoms with van der Waals surface area (Å²) in [7, 11) is 0. The first-order valence-corrected chi connectivity index (χ1v) is 6.91. The quantitative estimate of drug-likeness (QED) is 0.862. The van der Waals surface area contributed by atoms with Gasteiger partial charge in [-0.3, -0.25) is 9.59 Å². The fourth-order valence-corrected chi connectivity index (χ4v) is 2.11. The largest absolute Gasteiger partial charge is 0.445 e. The summed E-state index contributed by atoms with van der Waals surface area (Å²) in [6.07, 6.45) is 0. The first kappa shape index (κ1) is 15.0. The number of carbonyl (C=O) groups excluding carboxylic acids is 1. The number of Topliss-reactive ketones (excluding diaryl/α,β-unsaturated/α-hetero) is 1. The van der Waals surface area contributed by atoms with Crippen molar-refractivity contribution in [2.45, 2.75) is 33.6 Å². The lowest BCUT2D eigenvalue weighted by Crippen LogP contribution is -2.15. The SMILES string of the molecule is CC(=O)c1c(Nc2ccc(C(C)C)cc2)oc(C)cc1=O. The van der Waals surface area contributed by atoms with Gasteiger partial charge >= 0.3 is 0 Å². The van der Waals surface area contributed by atoms with Crippen LogP contribution in [0.4, 0.5) is 11.6 Å². The molecule has 0 bridgehead atoms. The lowest BCUT2D eigenvalue weighted by atomic mass is 10.0. The minimum Gasteiger partial charge on any atom is -0.445 e. The maximum absolute atomic E-state index is 11.9. The van der Waals surface area contributed by atoms with E-state index in [1.54, 1.807) is 6.92 Å². The van der Waals surface area contributed by atoms with Crippen molar-refractivity contribution in [3.05, 3.63) is 57.4 Å². The van der Waals surface area contributed by atoms with Crippen LogP contribution in [-0.4, -0.2) is 5.78 Å². The summed E-state index contributed by atoms with van der Waals surface area (Å²) in [5, 5.41) is 3.01. The summed E-state index contributed by atoms with van der Waals surface area (Å²) in [5.41, 5.74) is 1.72. The zero-order valence-electron chi connectivity index (χ0n) is 12.7. The molecule has 0 radical (unpaired) electrons. The molecule has 4 heteroatoms. The molecule has 1 heterocycles. The molecule has 0 amide bonds. The Kier molecular flexibility index (Phi) is 4.26. The molecule has 0 fully saturated rings. The number of aryl methyl sites for hydroxylation is 1. The molecular weight excluding hydrogens is 266 g/mol. The zero-order valence-corrected chi connectivity index (χ0v) is 12.7. The molecule has 0 aliphatic carbocycles. The number of hydrogen-bond donors (Lipinski definition) is 1. The van der Waals surface area contributed by atoms with Gasteiger partial charge in [-0.1, -0.05) is 26.0 Å². The molecule has 1 aromatic heterocycles. The zero-order chi connectivity index (χ0) is 15.6. The van der Waals surface area contributed by atoms with Crippen LogP contribution in [0.1, 0.15) is 48.4 Å². The molecule has 0 spiro atoms. The molecule has 1 N–H and O–H groups in total. The van der Waals surface area contributed by atoms with Crippen LogP contribution in [0.3, 0.4) is 0 Å². The molecule has 0 aliphatic rings. The maximum Gasteiger partial charge on any atom is 0.212 e. The number of rotatable bonds is 4. The number of ketones is 1. The van der Waals surface area contributed by atoms with Crippen molar-refractivity contribution in [3.63, 3.8) is 0 Å².